The molecule has 0 radical (unpaired) electrons. The summed E-state index contributed by atoms with van der Waals surface area (Å²) < 4.78 is 0. The maximum atomic E-state index is 12.1. The number of hydrogen-bond donors (Lipinski definition) is 3. The number of rotatable bonds is 9. The molecular weight excluding hydrogens is 298 g/mol. The van der Waals surface area contributed by atoms with Crippen molar-refractivity contribution in [2.75, 3.05) is 12.3 Å². The number of benzene rings is 1. The van der Waals surface area contributed by atoms with Gasteiger partial charge in [0, 0.05) is 18.1 Å². The molecule has 0 saturated carbocycles. The fourth-order valence-electron chi connectivity index (χ4n) is 1.98. The van der Waals surface area contributed by atoms with E-state index in [9.17, 15) is 9.59 Å². The molecular formula is C16H25N3O2S. The fraction of sp³-hybridized carbons (Fsp3) is 0.500. The van der Waals surface area contributed by atoms with E-state index in [1.54, 1.807) is 11.8 Å². The first-order chi connectivity index (χ1) is 10.5. The summed E-state index contributed by atoms with van der Waals surface area (Å²) in [6.45, 7) is 4.47. The molecule has 0 heterocycles. The normalized spacial score (nSPS) is 13.2. The minimum absolute atomic E-state index is 0.0458. The van der Waals surface area contributed by atoms with Crippen molar-refractivity contribution in [2.24, 2.45) is 11.7 Å². The van der Waals surface area contributed by atoms with Gasteiger partial charge in [-0.15, -0.1) is 0 Å². The Kier molecular flexibility index (Phi) is 8.43. The summed E-state index contributed by atoms with van der Waals surface area (Å²) >= 11 is 1.76. The van der Waals surface area contributed by atoms with E-state index < -0.39 is 12.1 Å². The summed E-state index contributed by atoms with van der Waals surface area (Å²) in [5.74, 6) is 1.62. The standard InChI is InChI=1S/C16H25N3O2S/c1-3-12(2)14(19-16(17)21)15(20)18-9-10-22-11-13-7-5-4-6-8-13/h4-8,12,14H,3,9-11H2,1-2H3,(H,18,20)(H3,17,19,21)/t12-,14-/m0/s1. The molecule has 0 aliphatic rings. The van der Waals surface area contributed by atoms with Crippen LogP contribution in [0.25, 0.3) is 0 Å². The zero-order valence-electron chi connectivity index (χ0n) is 13.2. The van der Waals surface area contributed by atoms with Crippen molar-refractivity contribution < 1.29 is 9.59 Å². The molecule has 5 nitrogen and oxygen atoms in total. The highest BCUT2D eigenvalue weighted by atomic mass is 32.2. The molecule has 6 heteroatoms. The van der Waals surface area contributed by atoms with Crippen LogP contribution in [0.1, 0.15) is 25.8 Å². The molecule has 1 rings (SSSR count). The molecule has 1 aromatic rings. The van der Waals surface area contributed by atoms with Crippen LogP contribution in [0, 0.1) is 5.92 Å². The van der Waals surface area contributed by atoms with Gasteiger partial charge in [-0.1, -0.05) is 50.6 Å². The second-order valence-electron chi connectivity index (χ2n) is 5.20. The molecule has 0 aromatic heterocycles. The Hall–Kier alpha value is -1.69. The third-order valence-corrected chi connectivity index (χ3v) is 4.48. The fourth-order valence-corrected chi connectivity index (χ4v) is 2.79. The number of carbonyl (C=O) groups excluding carboxylic acids is 2. The zero-order valence-corrected chi connectivity index (χ0v) is 14.0. The Morgan fingerprint density at radius 2 is 1.95 bits per heavy atom. The first-order valence-electron chi connectivity index (χ1n) is 7.50. The van der Waals surface area contributed by atoms with Gasteiger partial charge in [0.1, 0.15) is 6.04 Å². The van der Waals surface area contributed by atoms with Crippen molar-refractivity contribution in [3.05, 3.63) is 35.9 Å². The van der Waals surface area contributed by atoms with Crippen molar-refractivity contribution in [2.45, 2.75) is 32.1 Å². The van der Waals surface area contributed by atoms with E-state index in [1.807, 2.05) is 32.0 Å². The number of amides is 3. The number of hydrogen-bond acceptors (Lipinski definition) is 3. The lowest BCUT2D eigenvalue weighted by Crippen LogP contribution is -2.52. The van der Waals surface area contributed by atoms with Crippen LogP contribution in [-0.4, -0.2) is 30.3 Å². The minimum atomic E-state index is -0.668. The molecule has 0 aliphatic carbocycles. The van der Waals surface area contributed by atoms with Gasteiger partial charge in [0.05, 0.1) is 0 Å². The number of primary amides is 1. The van der Waals surface area contributed by atoms with Gasteiger partial charge in [-0.05, 0) is 11.5 Å². The van der Waals surface area contributed by atoms with Gasteiger partial charge in [-0.3, -0.25) is 4.79 Å². The molecule has 3 amide bonds. The lowest BCUT2D eigenvalue weighted by molar-refractivity contribution is -0.123. The van der Waals surface area contributed by atoms with Gasteiger partial charge < -0.3 is 16.4 Å². The van der Waals surface area contributed by atoms with Crippen molar-refractivity contribution in [1.29, 1.82) is 0 Å². The number of nitrogens with one attached hydrogen (secondary N) is 2. The molecule has 2 atom stereocenters. The van der Waals surface area contributed by atoms with Crippen molar-refractivity contribution in [3.63, 3.8) is 0 Å². The van der Waals surface area contributed by atoms with Crippen LogP contribution in [0.5, 0.6) is 0 Å². The molecule has 0 aliphatic heterocycles. The van der Waals surface area contributed by atoms with E-state index >= 15 is 0 Å². The SMILES string of the molecule is CC[C@H](C)[C@H](NC(N)=O)C(=O)NCCSCc1ccccc1. The minimum Gasteiger partial charge on any atom is -0.353 e. The van der Waals surface area contributed by atoms with Crippen LogP contribution in [-0.2, 0) is 10.5 Å². The summed E-state index contributed by atoms with van der Waals surface area (Å²) in [7, 11) is 0. The van der Waals surface area contributed by atoms with Gasteiger partial charge in [-0.2, -0.15) is 11.8 Å². The Morgan fingerprint density at radius 1 is 1.27 bits per heavy atom. The summed E-state index contributed by atoms with van der Waals surface area (Å²) in [5.41, 5.74) is 6.40. The molecule has 0 fully saturated rings. The monoisotopic (exact) mass is 323 g/mol. The number of urea groups is 1. The molecule has 4 N–H and O–H groups in total. The van der Waals surface area contributed by atoms with Gasteiger partial charge in [-0.25, -0.2) is 4.79 Å². The molecule has 0 spiro atoms. The van der Waals surface area contributed by atoms with Crippen molar-refractivity contribution in [1.82, 2.24) is 10.6 Å². The van der Waals surface area contributed by atoms with Gasteiger partial charge in [0.2, 0.25) is 5.91 Å². The molecule has 0 bridgehead atoms. The third-order valence-electron chi connectivity index (χ3n) is 3.45. The van der Waals surface area contributed by atoms with Gasteiger partial charge in [0.25, 0.3) is 0 Å². The Labute approximate surface area is 136 Å². The van der Waals surface area contributed by atoms with Crippen LogP contribution in [0.15, 0.2) is 30.3 Å². The predicted octanol–water partition coefficient (Wildman–Crippen LogP) is 2.12. The average Bonchev–Trinajstić information content (AvgIpc) is 2.52. The second-order valence-corrected chi connectivity index (χ2v) is 6.31. The molecule has 1 aromatic carbocycles. The Bertz CT molecular complexity index is 468. The van der Waals surface area contributed by atoms with E-state index in [0.717, 1.165) is 17.9 Å². The summed E-state index contributed by atoms with van der Waals surface area (Å²) in [5, 5.41) is 5.38. The van der Waals surface area contributed by atoms with E-state index in [1.165, 1.54) is 5.56 Å². The smallest absolute Gasteiger partial charge is 0.312 e. The van der Waals surface area contributed by atoms with Crippen LogP contribution in [0.4, 0.5) is 4.79 Å². The van der Waals surface area contributed by atoms with E-state index in [0.29, 0.717) is 6.54 Å². The van der Waals surface area contributed by atoms with Gasteiger partial charge in [0.15, 0.2) is 0 Å². The number of nitrogens with two attached hydrogens (primary N) is 1. The second kappa shape index (κ2) is 10.1. The van der Waals surface area contributed by atoms with Crippen molar-refractivity contribution in [3.8, 4) is 0 Å². The summed E-state index contributed by atoms with van der Waals surface area (Å²) in [6.07, 6.45) is 0.793. The molecule has 0 unspecified atom stereocenters. The Morgan fingerprint density at radius 3 is 2.55 bits per heavy atom. The van der Waals surface area contributed by atoms with Gasteiger partial charge >= 0.3 is 6.03 Å². The number of carbonyl (C=O) groups is 2. The largest absolute Gasteiger partial charge is 0.353 e. The van der Waals surface area contributed by atoms with Crippen LogP contribution in [0.2, 0.25) is 0 Å². The summed E-state index contributed by atoms with van der Waals surface area (Å²) in [6, 6.07) is 8.96. The Balaban J connectivity index is 2.29. The van der Waals surface area contributed by atoms with Crippen LogP contribution < -0.4 is 16.4 Å². The quantitative estimate of drug-likeness (QED) is 0.609. The van der Waals surface area contributed by atoms with E-state index in [2.05, 4.69) is 22.8 Å². The highest BCUT2D eigenvalue weighted by Gasteiger charge is 2.24. The highest BCUT2D eigenvalue weighted by molar-refractivity contribution is 7.98. The van der Waals surface area contributed by atoms with E-state index in [-0.39, 0.29) is 11.8 Å². The maximum absolute atomic E-state index is 12.1. The van der Waals surface area contributed by atoms with Crippen LogP contribution >= 0.6 is 11.8 Å². The average molecular weight is 323 g/mol. The lowest BCUT2D eigenvalue weighted by atomic mass is 9.98. The third kappa shape index (κ3) is 6.85. The molecule has 122 valence electrons. The molecule has 22 heavy (non-hydrogen) atoms. The first-order valence-corrected chi connectivity index (χ1v) is 8.65. The zero-order chi connectivity index (χ0) is 16.4. The molecule has 0 saturated heterocycles. The number of thioether (sulfide) groups is 1. The van der Waals surface area contributed by atoms with Crippen molar-refractivity contribution >= 4 is 23.7 Å². The maximum Gasteiger partial charge on any atom is 0.312 e. The lowest BCUT2D eigenvalue weighted by Gasteiger charge is -2.22. The summed E-state index contributed by atoms with van der Waals surface area (Å²) in [4.78, 5) is 23.1. The van der Waals surface area contributed by atoms with Crippen LogP contribution in [0.3, 0.4) is 0 Å². The topological polar surface area (TPSA) is 84.2 Å². The first kappa shape index (κ1) is 18.4. The predicted molar refractivity (Wildman–Crippen MR) is 91.6 cm³/mol. The van der Waals surface area contributed by atoms with E-state index in [4.69, 9.17) is 5.73 Å². The highest BCUT2D eigenvalue weighted by Crippen LogP contribution is 2.11.